The van der Waals surface area contributed by atoms with E-state index in [2.05, 4.69) is 20.8 Å². The van der Waals surface area contributed by atoms with Gasteiger partial charge in [0.05, 0.1) is 32.8 Å². The highest BCUT2D eigenvalue weighted by Gasteiger charge is 2.36. The van der Waals surface area contributed by atoms with E-state index >= 15 is 0 Å². The van der Waals surface area contributed by atoms with Crippen LogP contribution in [0.2, 0.25) is 0 Å². The molecule has 21 heavy (non-hydrogen) atoms. The van der Waals surface area contributed by atoms with Gasteiger partial charge < -0.3 is 18.5 Å². The second kappa shape index (κ2) is 10.3. The summed E-state index contributed by atoms with van der Waals surface area (Å²) in [4.78, 5) is 0. The fraction of sp³-hybridized carbons (Fsp3) is 1.00. The Kier molecular flexibility index (Phi) is 11.2. The molecule has 0 saturated heterocycles. The van der Waals surface area contributed by atoms with Crippen LogP contribution in [0.4, 0.5) is 13.2 Å². The molecule has 0 atom stereocenters. The van der Waals surface area contributed by atoms with Crippen LogP contribution in [-0.4, -0.2) is 69.7 Å². The molecule has 0 bridgehead atoms. The van der Waals surface area contributed by atoms with Gasteiger partial charge in [0.2, 0.25) is 0 Å². The highest BCUT2D eigenvalue weighted by Crippen LogP contribution is 2.20. The van der Waals surface area contributed by atoms with Gasteiger partial charge in [-0.05, 0) is 20.8 Å². The van der Waals surface area contributed by atoms with Crippen LogP contribution in [0, 0.1) is 0 Å². The number of halogens is 3. The van der Waals surface area contributed by atoms with Crippen molar-refractivity contribution >= 4 is 10.1 Å². The van der Waals surface area contributed by atoms with E-state index in [-0.39, 0.29) is 0 Å². The SMILES string of the molecule is CC[N+](CC)(CC)COCCOC.O=S(=O)([O-])C(F)(F)F. The first-order chi connectivity index (χ1) is 9.49. The van der Waals surface area contributed by atoms with Crippen LogP contribution in [0.5, 0.6) is 0 Å². The molecular formula is C11H24F3NO5S. The number of hydrogen-bond donors (Lipinski definition) is 0. The molecule has 0 aromatic heterocycles. The minimum atomic E-state index is -6.09. The quantitative estimate of drug-likeness (QED) is 0.220. The molecule has 0 spiro atoms. The Morgan fingerprint density at radius 3 is 1.67 bits per heavy atom. The van der Waals surface area contributed by atoms with Crippen LogP contribution in [0.15, 0.2) is 0 Å². The number of methoxy groups -OCH3 is 1. The van der Waals surface area contributed by atoms with Gasteiger partial charge in [-0.15, -0.1) is 0 Å². The van der Waals surface area contributed by atoms with Gasteiger partial charge >= 0.3 is 5.51 Å². The lowest BCUT2D eigenvalue weighted by atomic mass is 10.4. The Hall–Kier alpha value is -0.420. The molecule has 0 saturated carbocycles. The van der Waals surface area contributed by atoms with E-state index < -0.39 is 15.6 Å². The largest absolute Gasteiger partial charge is 0.741 e. The molecule has 0 aliphatic rings. The molecule has 6 nitrogen and oxygen atoms in total. The van der Waals surface area contributed by atoms with E-state index in [0.717, 1.165) is 30.8 Å². The van der Waals surface area contributed by atoms with Crippen molar-refractivity contribution in [3.8, 4) is 0 Å². The summed E-state index contributed by atoms with van der Waals surface area (Å²) in [6.07, 6.45) is 0. The molecule has 130 valence electrons. The summed E-state index contributed by atoms with van der Waals surface area (Å²) in [5.41, 5.74) is -5.65. The maximum Gasteiger partial charge on any atom is 0.485 e. The second-order valence-electron chi connectivity index (χ2n) is 4.22. The third kappa shape index (κ3) is 10.0. The lowest BCUT2D eigenvalue weighted by Gasteiger charge is -2.34. The average Bonchev–Trinajstić information content (AvgIpc) is 2.38. The highest BCUT2D eigenvalue weighted by atomic mass is 32.2. The van der Waals surface area contributed by atoms with Crippen LogP contribution >= 0.6 is 0 Å². The fourth-order valence-corrected chi connectivity index (χ4v) is 1.35. The maximum absolute atomic E-state index is 10.7. The summed E-state index contributed by atoms with van der Waals surface area (Å²) in [6.45, 7) is 12.3. The van der Waals surface area contributed by atoms with Gasteiger partial charge in [0, 0.05) is 7.11 Å². The van der Waals surface area contributed by atoms with Crippen molar-refractivity contribution in [2.45, 2.75) is 26.3 Å². The number of nitrogens with zero attached hydrogens (tertiary/aromatic N) is 1. The third-order valence-electron chi connectivity index (χ3n) is 3.09. The van der Waals surface area contributed by atoms with Gasteiger partial charge in [0.1, 0.15) is 0 Å². The zero-order chi connectivity index (χ0) is 17.2. The van der Waals surface area contributed by atoms with E-state index in [1.165, 1.54) is 0 Å². The molecule has 0 aliphatic carbocycles. The van der Waals surface area contributed by atoms with Gasteiger partial charge in [0.25, 0.3) is 0 Å². The Morgan fingerprint density at radius 2 is 1.43 bits per heavy atom. The molecule has 0 radical (unpaired) electrons. The molecule has 0 aromatic carbocycles. The first-order valence-electron chi connectivity index (χ1n) is 6.43. The average molecular weight is 339 g/mol. The summed E-state index contributed by atoms with van der Waals surface area (Å²) in [5, 5.41) is 0. The molecule has 0 N–H and O–H groups in total. The Balaban J connectivity index is 0. The zero-order valence-electron chi connectivity index (χ0n) is 12.8. The number of rotatable bonds is 8. The molecule has 0 unspecified atom stereocenters. The standard InChI is InChI=1S/C10H24NO2.CHF3O3S/c1-5-11(6-2,7-3)10-13-9-8-12-4;2-1(3,4)8(5,6)7/h5-10H2,1-4H3;(H,5,6,7)/q+1;/p-1. The minimum absolute atomic E-state index is 0.692. The van der Waals surface area contributed by atoms with Crippen molar-refractivity contribution in [3.05, 3.63) is 0 Å². The van der Waals surface area contributed by atoms with E-state index in [1.54, 1.807) is 7.11 Å². The van der Waals surface area contributed by atoms with Crippen LogP contribution in [0.3, 0.4) is 0 Å². The predicted molar refractivity (Wildman–Crippen MR) is 70.3 cm³/mol. The second-order valence-corrected chi connectivity index (χ2v) is 5.59. The molecule has 0 aromatic rings. The van der Waals surface area contributed by atoms with Crippen LogP contribution < -0.4 is 0 Å². The number of hydrogen-bond acceptors (Lipinski definition) is 5. The Morgan fingerprint density at radius 1 is 1.05 bits per heavy atom. The lowest BCUT2D eigenvalue weighted by molar-refractivity contribution is -0.941. The topological polar surface area (TPSA) is 75.7 Å². The van der Waals surface area contributed by atoms with Crippen molar-refractivity contribution in [1.82, 2.24) is 0 Å². The Labute approximate surface area is 124 Å². The Bertz CT molecular complexity index is 347. The summed E-state index contributed by atoms with van der Waals surface area (Å²) in [6, 6.07) is 0. The minimum Gasteiger partial charge on any atom is -0.741 e. The fourth-order valence-electron chi connectivity index (χ4n) is 1.35. The van der Waals surface area contributed by atoms with Crippen molar-refractivity contribution in [2.75, 3.05) is 46.7 Å². The lowest BCUT2D eigenvalue weighted by Crippen LogP contribution is -2.49. The molecular weight excluding hydrogens is 315 g/mol. The first kappa shape index (κ1) is 22.9. The van der Waals surface area contributed by atoms with Crippen molar-refractivity contribution < 1.29 is 40.1 Å². The monoisotopic (exact) mass is 339 g/mol. The van der Waals surface area contributed by atoms with E-state index in [4.69, 9.17) is 22.4 Å². The van der Waals surface area contributed by atoms with Crippen molar-refractivity contribution in [3.63, 3.8) is 0 Å². The predicted octanol–water partition coefficient (Wildman–Crippen LogP) is 1.53. The molecule has 0 heterocycles. The van der Waals surface area contributed by atoms with Gasteiger partial charge in [-0.1, -0.05) is 0 Å². The number of ether oxygens (including phenoxy) is 2. The summed E-state index contributed by atoms with van der Waals surface area (Å²) in [5.74, 6) is 0. The van der Waals surface area contributed by atoms with E-state index in [1.807, 2.05) is 0 Å². The van der Waals surface area contributed by atoms with E-state index in [0.29, 0.717) is 13.2 Å². The molecule has 0 rings (SSSR count). The summed E-state index contributed by atoms with van der Waals surface area (Å²) >= 11 is 0. The number of alkyl halides is 3. The van der Waals surface area contributed by atoms with Crippen molar-refractivity contribution in [2.24, 2.45) is 0 Å². The van der Waals surface area contributed by atoms with Crippen molar-refractivity contribution in [1.29, 1.82) is 0 Å². The summed E-state index contributed by atoms with van der Waals surface area (Å²) < 4.78 is 70.4. The van der Waals surface area contributed by atoms with Gasteiger partial charge in [-0.2, -0.15) is 13.2 Å². The van der Waals surface area contributed by atoms with Gasteiger partial charge in [-0.25, -0.2) is 8.42 Å². The van der Waals surface area contributed by atoms with Gasteiger partial charge in [0.15, 0.2) is 16.8 Å². The highest BCUT2D eigenvalue weighted by molar-refractivity contribution is 7.86. The van der Waals surface area contributed by atoms with Crippen LogP contribution in [0.25, 0.3) is 0 Å². The van der Waals surface area contributed by atoms with Gasteiger partial charge in [-0.3, -0.25) is 0 Å². The normalized spacial score (nSPS) is 12.8. The molecule has 0 aliphatic heterocycles. The molecule has 0 amide bonds. The molecule has 0 fully saturated rings. The summed E-state index contributed by atoms with van der Waals surface area (Å²) in [7, 11) is -4.39. The van der Waals surface area contributed by atoms with E-state index in [9.17, 15) is 13.2 Å². The molecule has 10 heteroatoms. The maximum atomic E-state index is 10.7. The third-order valence-corrected chi connectivity index (χ3v) is 3.66. The number of quaternary nitrogens is 1. The van der Waals surface area contributed by atoms with Crippen LogP contribution in [0.1, 0.15) is 20.8 Å². The van der Waals surface area contributed by atoms with Crippen LogP contribution in [-0.2, 0) is 19.6 Å². The zero-order valence-corrected chi connectivity index (χ0v) is 13.6. The smallest absolute Gasteiger partial charge is 0.485 e. The first-order valence-corrected chi connectivity index (χ1v) is 7.84.